The second-order valence-corrected chi connectivity index (χ2v) is 6.89. The molecule has 138 valence electrons. The molecule has 2 aliphatic heterocycles. The third-order valence-corrected chi connectivity index (χ3v) is 4.93. The molecule has 0 bridgehead atoms. The van der Waals surface area contributed by atoms with Gasteiger partial charge < -0.3 is 14.2 Å². The van der Waals surface area contributed by atoms with Gasteiger partial charge in [0.2, 0.25) is 6.79 Å². The molecule has 1 aromatic heterocycles. The highest BCUT2D eigenvalue weighted by Crippen LogP contribution is 2.33. The number of hydrogen-bond acceptors (Lipinski definition) is 5. The summed E-state index contributed by atoms with van der Waals surface area (Å²) >= 11 is 0. The van der Waals surface area contributed by atoms with Crippen molar-refractivity contribution < 1.29 is 14.2 Å². The maximum Gasteiger partial charge on any atom is 0.231 e. The Balaban J connectivity index is 1.51. The molecule has 0 unspecified atom stereocenters. The van der Waals surface area contributed by atoms with E-state index < -0.39 is 0 Å². The van der Waals surface area contributed by atoms with Crippen LogP contribution in [-0.2, 0) is 17.8 Å². The van der Waals surface area contributed by atoms with Crippen LogP contribution in [0.2, 0.25) is 0 Å². The van der Waals surface area contributed by atoms with Crippen molar-refractivity contribution >= 4 is 6.20 Å². The molecule has 1 aromatic carbocycles. The van der Waals surface area contributed by atoms with Gasteiger partial charge in [-0.2, -0.15) is 5.10 Å². The van der Waals surface area contributed by atoms with E-state index in [4.69, 9.17) is 14.2 Å². The standard InChI is InChI=1S/C20H25N3O3/c1-3-23-12-17(15(2)21-23)11-22(13-18-5-4-8-24-18)10-16-6-7-19-20(9-16)26-14-25-19/h3,6-7,9,12,18H,1,4-5,8,10-11,13-14H2,2H3/t18-/m0/s1. The van der Waals surface area contributed by atoms with Gasteiger partial charge in [-0.25, -0.2) is 4.68 Å². The van der Waals surface area contributed by atoms with Gasteiger partial charge in [0.05, 0.1) is 11.8 Å². The van der Waals surface area contributed by atoms with Crippen molar-refractivity contribution in [2.24, 2.45) is 0 Å². The molecular weight excluding hydrogens is 330 g/mol. The lowest BCUT2D eigenvalue weighted by molar-refractivity contribution is 0.0678. The Morgan fingerprint density at radius 1 is 1.31 bits per heavy atom. The van der Waals surface area contributed by atoms with E-state index in [0.717, 1.165) is 56.3 Å². The van der Waals surface area contributed by atoms with Crippen molar-refractivity contribution in [1.82, 2.24) is 14.7 Å². The van der Waals surface area contributed by atoms with Crippen LogP contribution in [0.15, 0.2) is 31.0 Å². The topological polar surface area (TPSA) is 48.8 Å². The molecule has 0 saturated carbocycles. The van der Waals surface area contributed by atoms with E-state index in [0.29, 0.717) is 12.9 Å². The highest BCUT2D eigenvalue weighted by Gasteiger charge is 2.21. The molecular formula is C20H25N3O3. The molecule has 0 N–H and O–H groups in total. The molecule has 0 aliphatic carbocycles. The quantitative estimate of drug-likeness (QED) is 0.763. The van der Waals surface area contributed by atoms with Gasteiger partial charge in [-0.05, 0) is 37.5 Å². The number of aryl methyl sites for hydroxylation is 1. The van der Waals surface area contributed by atoms with Crippen LogP contribution >= 0.6 is 0 Å². The summed E-state index contributed by atoms with van der Waals surface area (Å²) in [4.78, 5) is 2.42. The van der Waals surface area contributed by atoms with Crippen LogP contribution in [0.4, 0.5) is 0 Å². The lowest BCUT2D eigenvalue weighted by Crippen LogP contribution is -2.31. The second-order valence-electron chi connectivity index (χ2n) is 6.89. The summed E-state index contributed by atoms with van der Waals surface area (Å²) in [6.45, 7) is 9.57. The molecule has 0 amide bonds. The predicted octanol–water partition coefficient (Wildman–Crippen LogP) is 3.20. The molecule has 0 radical (unpaired) electrons. The minimum Gasteiger partial charge on any atom is -0.454 e. The molecule has 6 nitrogen and oxygen atoms in total. The van der Waals surface area contributed by atoms with E-state index in [-0.39, 0.29) is 0 Å². The Labute approximate surface area is 154 Å². The monoisotopic (exact) mass is 355 g/mol. The summed E-state index contributed by atoms with van der Waals surface area (Å²) in [7, 11) is 0. The van der Waals surface area contributed by atoms with Crippen molar-refractivity contribution in [3.8, 4) is 11.5 Å². The van der Waals surface area contributed by atoms with E-state index in [1.54, 1.807) is 10.9 Å². The maximum atomic E-state index is 5.87. The lowest BCUT2D eigenvalue weighted by atomic mass is 10.1. The zero-order valence-electron chi connectivity index (χ0n) is 15.2. The molecule has 4 rings (SSSR count). The van der Waals surface area contributed by atoms with Crippen LogP contribution in [0.3, 0.4) is 0 Å². The minimum atomic E-state index is 0.304. The predicted molar refractivity (Wildman–Crippen MR) is 99.0 cm³/mol. The lowest BCUT2D eigenvalue weighted by Gasteiger charge is -2.25. The molecule has 1 atom stereocenters. The fourth-order valence-corrected chi connectivity index (χ4v) is 3.57. The van der Waals surface area contributed by atoms with Crippen LogP contribution in [0.1, 0.15) is 29.7 Å². The van der Waals surface area contributed by atoms with E-state index in [1.165, 1.54) is 11.1 Å². The van der Waals surface area contributed by atoms with E-state index in [9.17, 15) is 0 Å². The van der Waals surface area contributed by atoms with Crippen LogP contribution in [-0.4, -0.2) is 40.7 Å². The number of benzene rings is 1. The number of hydrogen-bond donors (Lipinski definition) is 0. The first kappa shape index (κ1) is 17.1. The van der Waals surface area contributed by atoms with Gasteiger partial charge >= 0.3 is 0 Å². The molecule has 3 heterocycles. The molecule has 1 fully saturated rings. The second kappa shape index (κ2) is 7.51. The van der Waals surface area contributed by atoms with Crippen molar-refractivity contribution in [2.75, 3.05) is 19.9 Å². The summed E-state index contributed by atoms with van der Waals surface area (Å²) in [6.07, 6.45) is 6.35. The molecule has 26 heavy (non-hydrogen) atoms. The Morgan fingerprint density at radius 3 is 2.96 bits per heavy atom. The zero-order chi connectivity index (χ0) is 17.9. The zero-order valence-corrected chi connectivity index (χ0v) is 15.2. The molecule has 2 aromatic rings. The largest absolute Gasteiger partial charge is 0.454 e. The van der Waals surface area contributed by atoms with E-state index >= 15 is 0 Å². The number of nitrogens with zero attached hydrogens (tertiary/aromatic N) is 3. The summed E-state index contributed by atoms with van der Waals surface area (Å²) in [6, 6.07) is 6.17. The van der Waals surface area contributed by atoms with Crippen LogP contribution < -0.4 is 9.47 Å². The highest BCUT2D eigenvalue weighted by atomic mass is 16.7. The fourth-order valence-electron chi connectivity index (χ4n) is 3.57. The first-order chi connectivity index (χ1) is 12.7. The van der Waals surface area contributed by atoms with Gasteiger partial charge in [-0.3, -0.25) is 4.90 Å². The average molecular weight is 355 g/mol. The summed E-state index contributed by atoms with van der Waals surface area (Å²) in [5.41, 5.74) is 3.46. The average Bonchev–Trinajstić information content (AvgIpc) is 3.36. The first-order valence-electron chi connectivity index (χ1n) is 9.11. The summed E-state index contributed by atoms with van der Waals surface area (Å²) in [5, 5.41) is 4.47. The first-order valence-corrected chi connectivity index (χ1v) is 9.11. The molecule has 1 saturated heterocycles. The van der Waals surface area contributed by atoms with Crippen LogP contribution in [0.25, 0.3) is 6.20 Å². The Morgan fingerprint density at radius 2 is 2.19 bits per heavy atom. The fraction of sp³-hybridized carbons (Fsp3) is 0.450. The van der Waals surface area contributed by atoms with Gasteiger partial charge in [-0.15, -0.1) is 0 Å². The van der Waals surface area contributed by atoms with Gasteiger partial charge in [0.15, 0.2) is 11.5 Å². The van der Waals surface area contributed by atoms with Crippen LogP contribution in [0.5, 0.6) is 11.5 Å². The van der Waals surface area contributed by atoms with Gasteiger partial charge in [0.25, 0.3) is 0 Å². The third-order valence-electron chi connectivity index (χ3n) is 4.93. The van der Waals surface area contributed by atoms with Crippen molar-refractivity contribution in [2.45, 2.75) is 39.0 Å². The van der Waals surface area contributed by atoms with Gasteiger partial charge in [0.1, 0.15) is 0 Å². The number of aromatic nitrogens is 2. The van der Waals surface area contributed by atoms with E-state index in [2.05, 4.69) is 28.7 Å². The Bertz CT molecular complexity index is 781. The molecule has 2 aliphatic rings. The number of ether oxygens (including phenoxy) is 3. The minimum absolute atomic E-state index is 0.304. The maximum absolute atomic E-state index is 5.87. The number of fused-ring (bicyclic) bond motifs is 1. The Kier molecular flexibility index (Phi) is 4.95. The van der Waals surface area contributed by atoms with Gasteiger partial charge in [0, 0.05) is 44.2 Å². The molecule has 6 heteroatoms. The molecule has 0 spiro atoms. The SMILES string of the molecule is C=Cn1cc(CN(Cc2ccc3c(c2)OCO3)C[C@@H]2CCCO2)c(C)n1. The number of rotatable bonds is 7. The smallest absolute Gasteiger partial charge is 0.231 e. The summed E-state index contributed by atoms with van der Waals surface area (Å²) < 4.78 is 18.6. The van der Waals surface area contributed by atoms with Crippen LogP contribution in [0, 0.1) is 6.92 Å². The highest BCUT2D eigenvalue weighted by molar-refractivity contribution is 5.44. The normalized spacial score (nSPS) is 18.6. The Hall–Kier alpha value is -2.31. The van der Waals surface area contributed by atoms with Crippen molar-refractivity contribution in [3.63, 3.8) is 0 Å². The van der Waals surface area contributed by atoms with Crippen molar-refractivity contribution in [1.29, 1.82) is 0 Å². The third kappa shape index (κ3) is 3.76. The summed E-state index contributed by atoms with van der Waals surface area (Å²) in [5.74, 6) is 1.65. The van der Waals surface area contributed by atoms with Crippen molar-refractivity contribution in [3.05, 3.63) is 47.8 Å². The van der Waals surface area contributed by atoms with Gasteiger partial charge in [-0.1, -0.05) is 12.6 Å². The van der Waals surface area contributed by atoms with E-state index in [1.807, 2.05) is 19.2 Å².